The SMILES string of the molecule is CCOC(=O)C1=C(C)N=c2sc(=Cc3ccc(OCCOc4ccc(C)cc4)cc3)c(=O)n2[C@H]1c1ccccc1. The van der Waals surface area contributed by atoms with Gasteiger partial charge >= 0.3 is 5.97 Å². The first kappa shape index (κ1) is 27.1. The molecule has 3 aromatic carbocycles. The minimum atomic E-state index is -0.614. The molecule has 1 aliphatic rings. The second-order valence-corrected chi connectivity index (χ2v) is 10.3. The highest BCUT2D eigenvalue weighted by Crippen LogP contribution is 2.30. The first-order chi connectivity index (χ1) is 19.4. The fraction of sp³-hybridized carbons (Fsp3) is 0.219. The Morgan fingerprint density at radius 3 is 2.17 bits per heavy atom. The van der Waals surface area contributed by atoms with Gasteiger partial charge in [0.2, 0.25) is 0 Å². The molecule has 4 aromatic rings. The fourth-order valence-corrected chi connectivity index (χ4v) is 5.55. The van der Waals surface area contributed by atoms with Gasteiger partial charge in [-0.2, -0.15) is 0 Å². The summed E-state index contributed by atoms with van der Waals surface area (Å²) in [6.07, 6.45) is 1.83. The van der Waals surface area contributed by atoms with E-state index in [9.17, 15) is 9.59 Å². The summed E-state index contributed by atoms with van der Waals surface area (Å²) < 4.78 is 19.0. The van der Waals surface area contributed by atoms with Crippen LogP contribution in [0.25, 0.3) is 6.08 Å². The Morgan fingerprint density at radius 1 is 0.925 bits per heavy atom. The van der Waals surface area contributed by atoms with Gasteiger partial charge in [0.1, 0.15) is 24.7 Å². The Kier molecular flexibility index (Phi) is 8.26. The standard InChI is InChI=1S/C32H30N2O5S/c1-4-37-31(36)28-22(3)33-32-34(29(28)24-8-6-5-7-9-24)30(35)27(40-32)20-23-12-16-26(17-13-23)39-19-18-38-25-14-10-21(2)11-15-25/h5-17,20,29H,4,18-19H2,1-3H3/t29-/m0/s1. The second kappa shape index (κ2) is 12.2. The van der Waals surface area contributed by atoms with Crippen LogP contribution >= 0.6 is 11.3 Å². The number of thiazole rings is 1. The molecule has 0 bridgehead atoms. The van der Waals surface area contributed by atoms with Crippen molar-refractivity contribution in [1.82, 2.24) is 4.57 Å². The summed E-state index contributed by atoms with van der Waals surface area (Å²) in [5.41, 5.74) is 3.57. The molecule has 5 rings (SSSR count). The number of allylic oxidation sites excluding steroid dienone is 1. The molecule has 204 valence electrons. The van der Waals surface area contributed by atoms with Gasteiger partial charge in [-0.3, -0.25) is 9.36 Å². The Hall–Kier alpha value is -4.43. The molecule has 0 saturated heterocycles. The smallest absolute Gasteiger partial charge is 0.338 e. The van der Waals surface area contributed by atoms with Crippen LogP contribution in [-0.2, 0) is 9.53 Å². The van der Waals surface area contributed by atoms with Crippen molar-refractivity contribution in [2.75, 3.05) is 19.8 Å². The molecule has 1 aliphatic heterocycles. The number of rotatable bonds is 9. The largest absolute Gasteiger partial charge is 0.490 e. The summed E-state index contributed by atoms with van der Waals surface area (Å²) >= 11 is 1.30. The van der Waals surface area contributed by atoms with Crippen LogP contribution in [0.2, 0.25) is 0 Å². The highest BCUT2D eigenvalue weighted by molar-refractivity contribution is 7.07. The van der Waals surface area contributed by atoms with Gasteiger partial charge in [-0.15, -0.1) is 0 Å². The van der Waals surface area contributed by atoms with Crippen molar-refractivity contribution in [3.05, 3.63) is 127 Å². The first-order valence-electron chi connectivity index (χ1n) is 13.1. The van der Waals surface area contributed by atoms with Crippen LogP contribution in [0, 0.1) is 6.92 Å². The lowest BCUT2D eigenvalue weighted by Gasteiger charge is -2.24. The van der Waals surface area contributed by atoms with Crippen LogP contribution in [0.5, 0.6) is 11.5 Å². The third kappa shape index (κ3) is 5.92. The van der Waals surface area contributed by atoms with E-state index in [4.69, 9.17) is 14.2 Å². The Balaban J connectivity index is 1.37. The quantitative estimate of drug-likeness (QED) is 0.224. The first-order valence-corrected chi connectivity index (χ1v) is 13.9. The topological polar surface area (TPSA) is 79.1 Å². The zero-order chi connectivity index (χ0) is 28.1. The zero-order valence-electron chi connectivity index (χ0n) is 22.6. The van der Waals surface area contributed by atoms with Gasteiger partial charge in [-0.1, -0.05) is 71.5 Å². The summed E-state index contributed by atoms with van der Waals surface area (Å²) in [5, 5.41) is 0. The number of hydrogen-bond acceptors (Lipinski definition) is 7. The van der Waals surface area contributed by atoms with Crippen LogP contribution in [0.3, 0.4) is 0 Å². The molecule has 0 radical (unpaired) electrons. The molecule has 0 saturated carbocycles. The summed E-state index contributed by atoms with van der Waals surface area (Å²) in [5.74, 6) is 1.06. The van der Waals surface area contributed by atoms with Crippen LogP contribution in [0.15, 0.2) is 99.9 Å². The van der Waals surface area contributed by atoms with E-state index in [2.05, 4.69) is 4.99 Å². The molecule has 1 aromatic heterocycles. The molecule has 1 atom stereocenters. The predicted octanol–water partition coefficient (Wildman–Crippen LogP) is 4.56. The van der Waals surface area contributed by atoms with Gasteiger partial charge in [0.05, 0.1) is 28.5 Å². The van der Waals surface area contributed by atoms with E-state index in [1.54, 1.807) is 18.4 Å². The normalized spacial score (nSPS) is 14.9. The highest BCUT2D eigenvalue weighted by Gasteiger charge is 2.33. The minimum Gasteiger partial charge on any atom is -0.490 e. The number of nitrogens with zero attached hydrogens (tertiary/aromatic N) is 2. The van der Waals surface area contributed by atoms with Crippen molar-refractivity contribution in [3.8, 4) is 11.5 Å². The maximum atomic E-state index is 13.7. The minimum absolute atomic E-state index is 0.208. The van der Waals surface area contributed by atoms with E-state index in [0.717, 1.165) is 16.9 Å². The van der Waals surface area contributed by atoms with Gasteiger partial charge in [0.25, 0.3) is 5.56 Å². The van der Waals surface area contributed by atoms with Crippen LogP contribution in [0.1, 0.15) is 36.6 Å². The molecule has 40 heavy (non-hydrogen) atoms. The van der Waals surface area contributed by atoms with Crippen molar-refractivity contribution >= 4 is 23.4 Å². The molecular weight excluding hydrogens is 524 g/mol. The van der Waals surface area contributed by atoms with E-state index >= 15 is 0 Å². The van der Waals surface area contributed by atoms with E-state index in [-0.39, 0.29) is 12.2 Å². The molecule has 7 nitrogen and oxygen atoms in total. The number of ether oxygens (including phenoxy) is 3. The molecule has 0 N–H and O–H groups in total. The molecule has 0 spiro atoms. The maximum absolute atomic E-state index is 13.7. The molecule has 0 fully saturated rings. The Morgan fingerprint density at radius 2 is 1.55 bits per heavy atom. The van der Waals surface area contributed by atoms with Crippen LogP contribution < -0.4 is 24.4 Å². The lowest BCUT2D eigenvalue weighted by Crippen LogP contribution is -2.39. The van der Waals surface area contributed by atoms with E-state index in [0.29, 0.717) is 39.6 Å². The van der Waals surface area contributed by atoms with E-state index in [1.165, 1.54) is 16.9 Å². The zero-order valence-corrected chi connectivity index (χ0v) is 23.4. The molecule has 8 heteroatoms. The third-order valence-corrected chi connectivity index (χ3v) is 7.43. The number of aromatic nitrogens is 1. The second-order valence-electron chi connectivity index (χ2n) is 9.29. The monoisotopic (exact) mass is 554 g/mol. The summed E-state index contributed by atoms with van der Waals surface area (Å²) in [6, 6.07) is 24.3. The summed E-state index contributed by atoms with van der Waals surface area (Å²) in [4.78, 5) is 31.8. The maximum Gasteiger partial charge on any atom is 0.338 e. The van der Waals surface area contributed by atoms with E-state index in [1.807, 2.05) is 91.9 Å². The summed E-state index contributed by atoms with van der Waals surface area (Å²) in [6.45, 7) is 6.66. The van der Waals surface area contributed by atoms with Crippen molar-refractivity contribution < 1.29 is 19.0 Å². The van der Waals surface area contributed by atoms with Gasteiger partial charge in [-0.25, -0.2) is 9.79 Å². The molecule has 2 heterocycles. The number of aryl methyl sites for hydroxylation is 1. The van der Waals surface area contributed by atoms with Gasteiger partial charge in [0, 0.05) is 0 Å². The number of esters is 1. The fourth-order valence-electron chi connectivity index (χ4n) is 4.51. The third-order valence-electron chi connectivity index (χ3n) is 6.45. The average Bonchev–Trinajstić information content (AvgIpc) is 3.26. The van der Waals surface area contributed by atoms with Crippen molar-refractivity contribution in [1.29, 1.82) is 0 Å². The Bertz CT molecular complexity index is 1700. The Labute approximate surface area is 236 Å². The summed E-state index contributed by atoms with van der Waals surface area (Å²) in [7, 11) is 0. The lowest BCUT2D eigenvalue weighted by molar-refractivity contribution is -0.139. The lowest BCUT2D eigenvalue weighted by atomic mass is 9.96. The molecule has 0 unspecified atom stereocenters. The number of carbonyl (C=O) groups is 1. The number of carbonyl (C=O) groups excluding carboxylic acids is 1. The van der Waals surface area contributed by atoms with Crippen molar-refractivity contribution in [3.63, 3.8) is 0 Å². The molecular formula is C32H30N2O5S. The highest BCUT2D eigenvalue weighted by atomic mass is 32.1. The average molecular weight is 555 g/mol. The van der Waals surface area contributed by atoms with Gasteiger partial charge in [0.15, 0.2) is 4.80 Å². The number of fused-ring (bicyclic) bond motifs is 1. The number of benzene rings is 3. The van der Waals surface area contributed by atoms with Crippen LogP contribution in [-0.4, -0.2) is 30.4 Å². The van der Waals surface area contributed by atoms with Gasteiger partial charge < -0.3 is 14.2 Å². The molecule has 0 amide bonds. The van der Waals surface area contributed by atoms with E-state index < -0.39 is 12.0 Å². The van der Waals surface area contributed by atoms with Crippen molar-refractivity contribution in [2.24, 2.45) is 4.99 Å². The predicted molar refractivity (Wildman–Crippen MR) is 155 cm³/mol. The van der Waals surface area contributed by atoms with Crippen molar-refractivity contribution in [2.45, 2.75) is 26.8 Å². The van der Waals surface area contributed by atoms with Crippen LogP contribution in [0.4, 0.5) is 0 Å². The van der Waals surface area contributed by atoms with Gasteiger partial charge in [-0.05, 0) is 62.2 Å². The molecule has 0 aliphatic carbocycles. The number of hydrogen-bond donors (Lipinski definition) is 0.